The first kappa shape index (κ1) is 22.8. The Hall–Kier alpha value is -2.40. The van der Waals surface area contributed by atoms with Crippen LogP contribution in [0.15, 0.2) is 53.4 Å². The maximum absolute atomic E-state index is 13.3. The van der Waals surface area contributed by atoms with Gasteiger partial charge in [0.05, 0.1) is 17.6 Å². The van der Waals surface area contributed by atoms with Crippen molar-refractivity contribution in [3.05, 3.63) is 54.1 Å². The van der Waals surface area contributed by atoms with Crippen molar-refractivity contribution in [2.24, 2.45) is 5.92 Å². The molecule has 170 valence electrons. The van der Waals surface area contributed by atoms with Gasteiger partial charge >= 0.3 is 0 Å². The third-order valence-corrected chi connectivity index (χ3v) is 8.15. The summed E-state index contributed by atoms with van der Waals surface area (Å²) in [6.07, 6.45) is 1.33. The SMILES string of the molecule is CN(CCNC(=O)[C@@H]1CCCN(S(=O)(=O)c2cccc3nsnc23)C1)Cc1ccccc1. The number of fused-ring (bicyclic) bond motifs is 1. The monoisotopic (exact) mass is 473 g/mol. The highest BCUT2D eigenvalue weighted by molar-refractivity contribution is 7.89. The first-order valence-corrected chi connectivity index (χ1v) is 12.8. The van der Waals surface area contributed by atoms with E-state index in [4.69, 9.17) is 0 Å². The minimum atomic E-state index is -3.74. The van der Waals surface area contributed by atoms with E-state index in [9.17, 15) is 13.2 Å². The van der Waals surface area contributed by atoms with Crippen molar-refractivity contribution in [3.63, 3.8) is 0 Å². The number of rotatable bonds is 8. The van der Waals surface area contributed by atoms with E-state index in [1.807, 2.05) is 25.2 Å². The van der Waals surface area contributed by atoms with Crippen molar-refractivity contribution < 1.29 is 13.2 Å². The Kier molecular flexibility index (Phi) is 7.14. The van der Waals surface area contributed by atoms with Gasteiger partial charge in [-0.15, -0.1) is 0 Å². The molecule has 1 N–H and O–H groups in total. The summed E-state index contributed by atoms with van der Waals surface area (Å²) in [5.41, 5.74) is 2.19. The second-order valence-electron chi connectivity index (χ2n) is 8.10. The molecular formula is C22H27N5O3S2. The van der Waals surface area contributed by atoms with Gasteiger partial charge in [-0.05, 0) is 37.6 Å². The van der Waals surface area contributed by atoms with Crippen LogP contribution in [0.25, 0.3) is 11.0 Å². The van der Waals surface area contributed by atoms with Crippen molar-refractivity contribution in [2.75, 3.05) is 33.2 Å². The van der Waals surface area contributed by atoms with E-state index in [1.165, 1.54) is 9.87 Å². The molecule has 10 heteroatoms. The van der Waals surface area contributed by atoms with Crippen LogP contribution in [0.4, 0.5) is 0 Å². The molecule has 32 heavy (non-hydrogen) atoms. The molecule has 0 bridgehead atoms. The number of aromatic nitrogens is 2. The van der Waals surface area contributed by atoms with E-state index in [0.717, 1.165) is 18.3 Å². The van der Waals surface area contributed by atoms with Gasteiger partial charge in [-0.3, -0.25) is 4.79 Å². The molecule has 2 heterocycles. The zero-order chi connectivity index (χ0) is 22.6. The van der Waals surface area contributed by atoms with Crippen LogP contribution >= 0.6 is 11.7 Å². The highest BCUT2D eigenvalue weighted by Crippen LogP contribution is 2.28. The molecule has 1 aliphatic heterocycles. The Morgan fingerprint density at radius 2 is 2.00 bits per heavy atom. The van der Waals surface area contributed by atoms with Crippen LogP contribution in [-0.4, -0.2) is 65.5 Å². The van der Waals surface area contributed by atoms with Crippen LogP contribution in [0, 0.1) is 5.92 Å². The molecular weight excluding hydrogens is 446 g/mol. The van der Waals surface area contributed by atoms with E-state index in [0.29, 0.717) is 43.5 Å². The molecule has 0 radical (unpaired) electrons. The number of hydrogen-bond acceptors (Lipinski definition) is 7. The van der Waals surface area contributed by atoms with Gasteiger partial charge < -0.3 is 10.2 Å². The predicted molar refractivity (Wildman–Crippen MR) is 125 cm³/mol. The van der Waals surface area contributed by atoms with Gasteiger partial charge in [-0.1, -0.05) is 36.4 Å². The maximum atomic E-state index is 13.3. The number of hydrogen-bond donors (Lipinski definition) is 1. The Morgan fingerprint density at radius 3 is 2.81 bits per heavy atom. The van der Waals surface area contributed by atoms with Crippen LogP contribution in [-0.2, 0) is 21.4 Å². The summed E-state index contributed by atoms with van der Waals surface area (Å²) in [6.45, 7) is 2.63. The molecule has 4 rings (SSSR count). The Morgan fingerprint density at radius 1 is 1.19 bits per heavy atom. The van der Waals surface area contributed by atoms with Gasteiger partial charge in [-0.25, -0.2) is 8.42 Å². The lowest BCUT2D eigenvalue weighted by Crippen LogP contribution is -2.46. The predicted octanol–water partition coefficient (Wildman–Crippen LogP) is 2.34. The van der Waals surface area contributed by atoms with Crippen LogP contribution in [0.1, 0.15) is 18.4 Å². The third kappa shape index (κ3) is 5.15. The fourth-order valence-electron chi connectivity index (χ4n) is 3.99. The summed E-state index contributed by atoms with van der Waals surface area (Å²) in [4.78, 5) is 15.1. The fraction of sp³-hybridized carbons (Fsp3) is 0.409. The van der Waals surface area contributed by atoms with Crippen LogP contribution in [0.5, 0.6) is 0 Å². The van der Waals surface area contributed by atoms with Gasteiger partial charge in [0.25, 0.3) is 0 Å². The van der Waals surface area contributed by atoms with Gasteiger partial charge in [-0.2, -0.15) is 13.1 Å². The number of amides is 1. The maximum Gasteiger partial charge on any atom is 0.245 e. The number of benzene rings is 2. The summed E-state index contributed by atoms with van der Waals surface area (Å²) in [5.74, 6) is -0.447. The molecule has 0 saturated carbocycles. The van der Waals surface area contributed by atoms with Gasteiger partial charge in [0.2, 0.25) is 15.9 Å². The van der Waals surface area contributed by atoms with E-state index < -0.39 is 10.0 Å². The lowest BCUT2D eigenvalue weighted by molar-refractivity contribution is -0.126. The highest BCUT2D eigenvalue weighted by atomic mass is 32.2. The smallest absolute Gasteiger partial charge is 0.245 e. The second kappa shape index (κ2) is 10.0. The minimum Gasteiger partial charge on any atom is -0.355 e. The average molecular weight is 474 g/mol. The van der Waals surface area contributed by atoms with Gasteiger partial charge in [0.15, 0.2) is 0 Å². The van der Waals surface area contributed by atoms with Crippen molar-refractivity contribution in [1.29, 1.82) is 0 Å². The lowest BCUT2D eigenvalue weighted by Gasteiger charge is -2.31. The van der Waals surface area contributed by atoms with E-state index >= 15 is 0 Å². The van der Waals surface area contributed by atoms with E-state index in [1.54, 1.807) is 18.2 Å². The van der Waals surface area contributed by atoms with Gasteiger partial charge in [0, 0.05) is 32.7 Å². The molecule has 8 nitrogen and oxygen atoms in total. The Balaban J connectivity index is 1.33. The lowest BCUT2D eigenvalue weighted by atomic mass is 9.99. The first-order chi connectivity index (χ1) is 15.4. The molecule has 2 aromatic carbocycles. The number of likely N-dealkylation sites (N-methyl/N-ethyl adjacent to an activating group) is 1. The summed E-state index contributed by atoms with van der Waals surface area (Å²) >= 11 is 0.996. The number of carbonyl (C=O) groups excluding carboxylic acids is 1. The van der Waals surface area contributed by atoms with Crippen LogP contribution in [0.3, 0.4) is 0 Å². The van der Waals surface area contributed by atoms with Crippen molar-refractivity contribution in [3.8, 4) is 0 Å². The summed E-state index contributed by atoms with van der Waals surface area (Å²) in [7, 11) is -1.73. The number of nitrogens with one attached hydrogen (secondary N) is 1. The second-order valence-corrected chi connectivity index (χ2v) is 10.5. The summed E-state index contributed by atoms with van der Waals surface area (Å²) in [5, 5.41) is 2.98. The van der Waals surface area contributed by atoms with Crippen molar-refractivity contribution >= 4 is 38.7 Å². The van der Waals surface area contributed by atoms with Crippen molar-refractivity contribution in [2.45, 2.75) is 24.3 Å². The number of carbonyl (C=O) groups is 1. The van der Waals surface area contributed by atoms with Crippen LogP contribution < -0.4 is 5.32 Å². The zero-order valence-electron chi connectivity index (χ0n) is 18.0. The number of nitrogens with zero attached hydrogens (tertiary/aromatic N) is 4. The third-order valence-electron chi connectivity index (χ3n) is 5.71. The highest BCUT2D eigenvalue weighted by Gasteiger charge is 2.34. The zero-order valence-corrected chi connectivity index (χ0v) is 19.6. The molecule has 3 aromatic rings. The van der Waals surface area contributed by atoms with E-state index in [2.05, 4.69) is 31.1 Å². The van der Waals surface area contributed by atoms with E-state index in [-0.39, 0.29) is 23.3 Å². The molecule has 1 saturated heterocycles. The molecule has 1 aromatic heterocycles. The average Bonchev–Trinajstić information content (AvgIpc) is 3.28. The summed E-state index contributed by atoms with van der Waals surface area (Å²) in [6, 6.07) is 15.2. The molecule has 0 unspecified atom stereocenters. The molecule has 0 spiro atoms. The summed E-state index contributed by atoms with van der Waals surface area (Å²) < 4.78 is 36.2. The largest absolute Gasteiger partial charge is 0.355 e. The molecule has 0 aliphatic carbocycles. The number of piperidine rings is 1. The first-order valence-electron chi connectivity index (χ1n) is 10.7. The quantitative estimate of drug-likeness (QED) is 0.540. The Bertz CT molecular complexity index is 1170. The number of sulfonamides is 1. The standard InChI is InChI=1S/C22H27N5O3S2/c1-26(15-17-7-3-2-4-8-17)14-12-23-22(28)18-9-6-13-27(16-18)32(29,30)20-11-5-10-19-21(20)25-31-24-19/h2-5,7-8,10-11,18H,6,9,12-16H2,1H3,(H,23,28)/t18-/m1/s1. The molecule has 1 fully saturated rings. The fourth-order valence-corrected chi connectivity index (χ4v) is 6.27. The normalized spacial score (nSPS) is 17.6. The topological polar surface area (TPSA) is 95.5 Å². The Labute approximate surface area is 192 Å². The van der Waals surface area contributed by atoms with Crippen LogP contribution in [0.2, 0.25) is 0 Å². The van der Waals surface area contributed by atoms with Crippen molar-refractivity contribution in [1.82, 2.24) is 23.3 Å². The molecule has 1 atom stereocenters. The molecule has 1 amide bonds. The van der Waals surface area contributed by atoms with Gasteiger partial charge in [0.1, 0.15) is 15.9 Å². The molecule has 1 aliphatic rings. The minimum absolute atomic E-state index is 0.0912.